The fraction of sp³-hybridized carbons (Fsp3) is 0.0667. The number of fused-ring (bicyclic) bond motifs is 1. The molecular weight excluding hydrogens is 288 g/mol. The Hall–Kier alpha value is -3.22. The highest BCUT2D eigenvalue weighted by atomic mass is 16.6. The van der Waals surface area contributed by atoms with E-state index in [2.05, 4.69) is 4.98 Å². The van der Waals surface area contributed by atoms with Gasteiger partial charge in [-0.2, -0.15) is 0 Å². The number of aromatic nitrogens is 1. The second-order valence-electron chi connectivity index (χ2n) is 4.49. The van der Waals surface area contributed by atoms with Gasteiger partial charge >= 0.3 is 5.63 Å². The zero-order valence-corrected chi connectivity index (χ0v) is 11.5. The molecule has 7 heteroatoms. The van der Waals surface area contributed by atoms with Gasteiger partial charge in [0, 0.05) is 17.7 Å². The summed E-state index contributed by atoms with van der Waals surface area (Å²) in [6.07, 6.45) is 0. The van der Waals surface area contributed by atoms with Crippen LogP contribution in [0.4, 0.5) is 5.69 Å². The monoisotopic (exact) mass is 298 g/mol. The highest BCUT2D eigenvalue weighted by Crippen LogP contribution is 2.23. The summed E-state index contributed by atoms with van der Waals surface area (Å²) >= 11 is 0. The lowest BCUT2D eigenvalue weighted by Crippen LogP contribution is -2.03. The van der Waals surface area contributed by atoms with Crippen LogP contribution in [0.3, 0.4) is 0 Å². The second-order valence-corrected chi connectivity index (χ2v) is 4.49. The molecule has 0 fully saturated rings. The standard InChI is InChI=1S/C15H10N2O5/c1-21-11-5-2-9(3-6-11)14-16-13-8-10(17(19)20)4-7-12(13)15(18)22-14/h2-8H,1H3. The summed E-state index contributed by atoms with van der Waals surface area (Å²) in [4.78, 5) is 26.4. The molecule has 110 valence electrons. The van der Waals surface area contributed by atoms with Gasteiger partial charge in [-0.15, -0.1) is 0 Å². The van der Waals surface area contributed by atoms with E-state index >= 15 is 0 Å². The highest BCUT2D eigenvalue weighted by molar-refractivity contribution is 5.80. The second kappa shape index (κ2) is 5.28. The van der Waals surface area contributed by atoms with Crippen LogP contribution in [-0.4, -0.2) is 17.0 Å². The first kappa shape index (κ1) is 13.7. The van der Waals surface area contributed by atoms with Gasteiger partial charge in [0.15, 0.2) is 0 Å². The smallest absolute Gasteiger partial charge is 0.347 e. The number of benzene rings is 2. The van der Waals surface area contributed by atoms with Crippen molar-refractivity contribution in [2.24, 2.45) is 0 Å². The number of hydrogen-bond donors (Lipinski definition) is 0. The molecule has 0 saturated heterocycles. The SMILES string of the molecule is COc1ccc(-c2nc3cc([N+](=O)[O-])ccc3c(=O)o2)cc1. The Morgan fingerprint density at radius 1 is 1.18 bits per heavy atom. The normalized spacial score (nSPS) is 10.6. The van der Waals surface area contributed by atoms with Gasteiger partial charge in [0.1, 0.15) is 5.75 Å². The average molecular weight is 298 g/mol. The van der Waals surface area contributed by atoms with E-state index < -0.39 is 10.5 Å². The third kappa shape index (κ3) is 2.39. The maximum absolute atomic E-state index is 12.0. The van der Waals surface area contributed by atoms with E-state index in [1.165, 1.54) is 18.2 Å². The first-order valence-corrected chi connectivity index (χ1v) is 6.32. The maximum atomic E-state index is 12.0. The van der Waals surface area contributed by atoms with Gasteiger partial charge in [-0.25, -0.2) is 9.78 Å². The van der Waals surface area contributed by atoms with Crippen LogP contribution in [0.25, 0.3) is 22.4 Å². The Kier molecular flexibility index (Phi) is 3.30. The summed E-state index contributed by atoms with van der Waals surface area (Å²) in [5, 5.41) is 11.0. The summed E-state index contributed by atoms with van der Waals surface area (Å²) in [7, 11) is 1.54. The quantitative estimate of drug-likeness (QED) is 0.545. The van der Waals surface area contributed by atoms with E-state index in [1.807, 2.05) is 0 Å². The molecule has 0 saturated carbocycles. The number of ether oxygens (including phenoxy) is 1. The number of non-ortho nitro benzene ring substituents is 1. The third-order valence-corrected chi connectivity index (χ3v) is 3.16. The lowest BCUT2D eigenvalue weighted by Gasteiger charge is -2.03. The van der Waals surface area contributed by atoms with Gasteiger partial charge < -0.3 is 9.15 Å². The van der Waals surface area contributed by atoms with Gasteiger partial charge in [-0.1, -0.05) is 0 Å². The van der Waals surface area contributed by atoms with Crippen molar-refractivity contribution in [3.8, 4) is 17.2 Å². The fourth-order valence-electron chi connectivity index (χ4n) is 2.03. The number of rotatable bonds is 3. The fourth-order valence-corrected chi connectivity index (χ4v) is 2.03. The summed E-state index contributed by atoms with van der Waals surface area (Å²) in [6.45, 7) is 0. The predicted octanol–water partition coefficient (Wildman–Crippen LogP) is 2.77. The minimum atomic E-state index is -0.592. The molecular formula is C15H10N2O5. The van der Waals surface area contributed by atoms with Gasteiger partial charge in [0.2, 0.25) is 5.89 Å². The topological polar surface area (TPSA) is 95.5 Å². The molecule has 3 rings (SSSR count). The van der Waals surface area contributed by atoms with Crippen molar-refractivity contribution in [2.75, 3.05) is 7.11 Å². The molecule has 0 spiro atoms. The number of nitrogens with zero attached hydrogens (tertiary/aromatic N) is 2. The Balaban J connectivity index is 2.17. The van der Waals surface area contributed by atoms with Crippen molar-refractivity contribution in [3.05, 3.63) is 63.0 Å². The van der Waals surface area contributed by atoms with Crippen LogP contribution in [0.2, 0.25) is 0 Å². The predicted molar refractivity (Wildman–Crippen MR) is 78.9 cm³/mol. The van der Waals surface area contributed by atoms with E-state index in [0.29, 0.717) is 11.3 Å². The molecule has 0 aliphatic carbocycles. The molecule has 0 aliphatic heterocycles. The lowest BCUT2D eigenvalue weighted by atomic mass is 10.2. The molecule has 1 heterocycles. The van der Waals surface area contributed by atoms with Crippen LogP contribution in [0, 0.1) is 10.1 Å². The summed E-state index contributed by atoms with van der Waals surface area (Å²) in [6, 6.07) is 10.6. The molecule has 1 aromatic heterocycles. The molecule has 0 bridgehead atoms. The number of hydrogen-bond acceptors (Lipinski definition) is 6. The van der Waals surface area contributed by atoms with E-state index in [4.69, 9.17) is 9.15 Å². The van der Waals surface area contributed by atoms with E-state index in [-0.39, 0.29) is 22.5 Å². The largest absolute Gasteiger partial charge is 0.497 e. The van der Waals surface area contributed by atoms with Crippen LogP contribution in [-0.2, 0) is 0 Å². The first-order chi connectivity index (χ1) is 10.6. The van der Waals surface area contributed by atoms with Gasteiger partial charge in [0.25, 0.3) is 5.69 Å². The van der Waals surface area contributed by atoms with Crippen LogP contribution in [0.5, 0.6) is 5.75 Å². The van der Waals surface area contributed by atoms with E-state index in [0.717, 1.165) is 0 Å². The summed E-state index contributed by atoms with van der Waals surface area (Å²) < 4.78 is 10.2. The van der Waals surface area contributed by atoms with Gasteiger partial charge in [-0.3, -0.25) is 10.1 Å². The van der Waals surface area contributed by atoms with E-state index in [1.54, 1.807) is 31.4 Å². The van der Waals surface area contributed by atoms with E-state index in [9.17, 15) is 14.9 Å². The Morgan fingerprint density at radius 2 is 1.91 bits per heavy atom. The first-order valence-electron chi connectivity index (χ1n) is 6.32. The van der Waals surface area contributed by atoms with Crippen molar-refractivity contribution in [1.82, 2.24) is 4.98 Å². The minimum absolute atomic E-state index is 0.0978. The molecule has 3 aromatic rings. The van der Waals surface area contributed by atoms with Crippen LogP contribution in [0.1, 0.15) is 0 Å². The molecule has 2 aromatic carbocycles. The molecule has 22 heavy (non-hydrogen) atoms. The van der Waals surface area contributed by atoms with Gasteiger partial charge in [0.05, 0.1) is 22.9 Å². The summed E-state index contributed by atoms with van der Waals surface area (Å²) in [5.74, 6) is 0.753. The molecule has 0 atom stereocenters. The maximum Gasteiger partial charge on any atom is 0.347 e. The molecule has 7 nitrogen and oxygen atoms in total. The number of nitro benzene ring substituents is 1. The Labute approximate surface area is 123 Å². The number of nitro groups is 1. The molecule has 0 aliphatic rings. The van der Waals surface area contributed by atoms with Crippen molar-refractivity contribution in [1.29, 1.82) is 0 Å². The Bertz CT molecular complexity index is 915. The van der Waals surface area contributed by atoms with Crippen LogP contribution in [0.15, 0.2) is 51.7 Å². The number of methoxy groups -OCH3 is 1. The minimum Gasteiger partial charge on any atom is -0.497 e. The molecule has 0 N–H and O–H groups in total. The van der Waals surface area contributed by atoms with Crippen molar-refractivity contribution >= 4 is 16.6 Å². The zero-order valence-electron chi connectivity index (χ0n) is 11.5. The highest BCUT2D eigenvalue weighted by Gasteiger charge is 2.13. The Morgan fingerprint density at radius 3 is 2.55 bits per heavy atom. The van der Waals surface area contributed by atoms with Crippen molar-refractivity contribution in [3.63, 3.8) is 0 Å². The van der Waals surface area contributed by atoms with Crippen molar-refractivity contribution in [2.45, 2.75) is 0 Å². The summed E-state index contributed by atoms with van der Waals surface area (Å²) in [5.41, 5.74) is 0.0690. The van der Waals surface area contributed by atoms with Gasteiger partial charge in [-0.05, 0) is 30.3 Å². The average Bonchev–Trinajstić information content (AvgIpc) is 2.54. The third-order valence-electron chi connectivity index (χ3n) is 3.16. The molecule has 0 unspecified atom stereocenters. The molecule has 0 radical (unpaired) electrons. The zero-order chi connectivity index (χ0) is 15.7. The van der Waals surface area contributed by atoms with Crippen molar-refractivity contribution < 1.29 is 14.1 Å². The van der Waals surface area contributed by atoms with Crippen LogP contribution >= 0.6 is 0 Å². The molecule has 0 amide bonds. The lowest BCUT2D eigenvalue weighted by molar-refractivity contribution is -0.384. The van der Waals surface area contributed by atoms with Crippen LogP contribution < -0.4 is 10.4 Å².